The van der Waals surface area contributed by atoms with Crippen LogP contribution in [-0.2, 0) is 21.4 Å². The van der Waals surface area contributed by atoms with Crippen molar-refractivity contribution in [1.82, 2.24) is 9.29 Å². The third kappa shape index (κ3) is 4.35. The first-order valence-corrected chi connectivity index (χ1v) is 11.6. The van der Waals surface area contributed by atoms with E-state index in [2.05, 4.69) is 4.98 Å². The van der Waals surface area contributed by atoms with Crippen LogP contribution in [0.1, 0.15) is 41.9 Å². The fraction of sp³-hybridized carbons (Fsp3) is 0.333. The van der Waals surface area contributed by atoms with Gasteiger partial charge in [-0.3, -0.25) is 0 Å². The Labute approximate surface area is 179 Å². The lowest BCUT2D eigenvalue weighted by atomic mass is 10.2. The first kappa shape index (κ1) is 20.8. The average molecular weight is 449 g/mol. The topological polar surface area (TPSA) is 89.7 Å². The first-order valence-electron chi connectivity index (χ1n) is 9.76. The third-order valence-corrected chi connectivity index (χ3v) is 7.39. The highest BCUT2D eigenvalue weighted by Crippen LogP contribution is 2.28. The molecule has 30 heavy (non-hydrogen) atoms. The number of hydrogen-bond donors (Lipinski definition) is 0. The van der Waals surface area contributed by atoms with E-state index in [1.807, 2.05) is 12.1 Å². The van der Waals surface area contributed by atoms with Crippen LogP contribution in [0.3, 0.4) is 0 Å². The van der Waals surface area contributed by atoms with Crippen molar-refractivity contribution in [2.24, 2.45) is 0 Å². The summed E-state index contributed by atoms with van der Waals surface area (Å²) in [5.41, 5.74) is 1.37. The summed E-state index contributed by atoms with van der Waals surface area (Å²) in [7, 11) is -3.79. The highest BCUT2D eigenvalue weighted by atomic mass is 35.5. The number of fused-ring (bicyclic) bond motifs is 1. The molecule has 0 aliphatic carbocycles. The Morgan fingerprint density at radius 1 is 1.10 bits per heavy atom. The minimum Gasteiger partial charge on any atom is -0.452 e. The third-order valence-electron chi connectivity index (χ3n) is 5.01. The Morgan fingerprint density at radius 2 is 1.83 bits per heavy atom. The zero-order valence-electron chi connectivity index (χ0n) is 16.2. The smallest absolute Gasteiger partial charge is 0.338 e. The van der Waals surface area contributed by atoms with Crippen molar-refractivity contribution in [3.8, 4) is 0 Å². The Morgan fingerprint density at radius 3 is 2.57 bits per heavy atom. The maximum absolute atomic E-state index is 13.1. The standard InChI is InChI=1S/C21H21ClN2O5S/c22-16-10-9-15(13-19(16)30(26,27)24-11-5-1-2-6-12-24)21(25)28-14-20-23-17-7-3-4-8-18(17)29-20/h3-4,7-10,13H,1-2,5-6,11-12,14H2. The van der Waals surface area contributed by atoms with Crippen molar-refractivity contribution in [1.29, 1.82) is 0 Å². The van der Waals surface area contributed by atoms with E-state index in [-0.39, 0.29) is 28.0 Å². The number of benzene rings is 2. The quantitative estimate of drug-likeness (QED) is 0.537. The number of aromatic nitrogens is 1. The zero-order valence-corrected chi connectivity index (χ0v) is 17.8. The van der Waals surface area contributed by atoms with Crippen molar-refractivity contribution in [2.75, 3.05) is 13.1 Å². The molecule has 3 aromatic rings. The Kier molecular flexibility index (Phi) is 6.08. The second-order valence-corrected chi connectivity index (χ2v) is 9.43. The van der Waals surface area contributed by atoms with Crippen molar-refractivity contribution in [3.05, 3.63) is 58.9 Å². The summed E-state index contributed by atoms with van der Waals surface area (Å²) in [6.07, 6.45) is 3.62. The van der Waals surface area contributed by atoms with Gasteiger partial charge in [0.05, 0.1) is 10.6 Å². The molecule has 0 N–H and O–H groups in total. The average Bonchev–Trinajstić information content (AvgIpc) is 2.95. The van der Waals surface area contributed by atoms with E-state index in [0.29, 0.717) is 24.2 Å². The molecule has 1 aliphatic heterocycles. The van der Waals surface area contributed by atoms with Gasteiger partial charge < -0.3 is 9.15 Å². The molecular formula is C21H21ClN2O5S. The Bertz CT molecular complexity index is 1130. The van der Waals surface area contributed by atoms with E-state index in [1.165, 1.54) is 22.5 Å². The number of esters is 1. The minimum absolute atomic E-state index is 0.0785. The molecule has 1 saturated heterocycles. The summed E-state index contributed by atoms with van der Waals surface area (Å²) >= 11 is 6.18. The molecule has 158 valence electrons. The Hall–Kier alpha value is -2.42. The van der Waals surface area contributed by atoms with Crippen LogP contribution in [0.4, 0.5) is 0 Å². The molecule has 1 aliphatic rings. The van der Waals surface area contributed by atoms with E-state index in [0.717, 1.165) is 25.7 Å². The van der Waals surface area contributed by atoms with Crippen LogP contribution in [0.5, 0.6) is 0 Å². The van der Waals surface area contributed by atoms with Crippen molar-refractivity contribution in [3.63, 3.8) is 0 Å². The molecule has 9 heteroatoms. The molecule has 0 saturated carbocycles. The van der Waals surface area contributed by atoms with E-state index < -0.39 is 16.0 Å². The molecule has 7 nitrogen and oxygen atoms in total. The zero-order chi connectivity index (χ0) is 21.1. The van der Waals surface area contributed by atoms with Gasteiger partial charge in [0.1, 0.15) is 10.4 Å². The van der Waals surface area contributed by atoms with Gasteiger partial charge in [-0.15, -0.1) is 0 Å². The van der Waals surface area contributed by atoms with E-state index in [4.69, 9.17) is 20.8 Å². The van der Waals surface area contributed by atoms with Crippen LogP contribution >= 0.6 is 11.6 Å². The number of nitrogens with zero attached hydrogens (tertiary/aromatic N) is 2. The second kappa shape index (κ2) is 8.75. The summed E-state index contributed by atoms with van der Waals surface area (Å²) in [4.78, 5) is 16.7. The summed E-state index contributed by atoms with van der Waals surface area (Å²) in [5.74, 6) is -0.419. The Balaban J connectivity index is 1.52. The number of halogens is 1. The normalized spacial score (nSPS) is 15.8. The number of rotatable bonds is 5. The van der Waals surface area contributed by atoms with Crippen LogP contribution < -0.4 is 0 Å². The maximum atomic E-state index is 13.1. The molecular weight excluding hydrogens is 428 g/mol. The summed E-state index contributed by atoms with van der Waals surface area (Å²) in [6, 6.07) is 11.3. The number of sulfonamides is 1. The molecule has 2 aromatic carbocycles. The number of carbonyl (C=O) groups excluding carboxylic acids is 1. The molecule has 1 aromatic heterocycles. The molecule has 0 radical (unpaired) electrons. The molecule has 0 atom stereocenters. The van der Waals surface area contributed by atoms with Gasteiger partial charge in [-0.2, -0.15) is 4.31 Å². The van der Waals surface area contributed by atoms with Crippen LogP contribution in [0, 0.1) is 0 Å². The lowest BCUT2D eigenvalue weighted by Crippen LogP contribution is -2.32. The molecule has 1 fully saturated rings. The second-order valence-electron chi connectivity index (χ2n) is 7.11. The van der Waals surface area contributed by atoms with E-state index in [9.17, 15) is 13.2 Å². The predicted octanol–water partition coefficient (Wildman–Crippen LogP) is 4.40. The van der Waals surface area contributed by atoms with E-state index >= 15 is 0 Å². The van der Waals surface area contributed by atoms with Gasteiger partial charge in [0.25, 0.3) is 0 Å². The number of oxazole rings is 1. The lowest BCUT2D eigenvalue weighted by Gasteiger charge is -2.20. The van der Waals surface area contributed by atoms with E-state index in [1.54, 1.807) is 12.1 Å². The van der Waals surface area contributed by atoms with Crippen molar-refractivity contribution in [2.45, 2.75) is 37.2 Å². The largest absolute Gasteiger partial charge is 0.452 e. The fourth-order valence-corrected chi connectivity index (χ4v) is 5.46. The highest BCUT2D eigenvalue weighted by Gasteiger charge is 2.28. The molecule has 0 amide bonds. The van der Waals surface area contributed by atoms with Crippen LogP contribution in [0.15, 0.2) is 51.8 Å². The first-order chi connectivity index (χ1) is 14.4. The van der Waals surface area contributed by atoms with Gasteiger partial charge in [-0.05, 0) is 43.2 Å². The number of carbonyl (C=O) groups is 1. The van der Waals surface area contributed by atoms with Gasteiger partial charge >= 0.3 is 5.97 Å². The van der Waals surface area contributed by atoms with Crippen LogP contribution in [0.25, 0.3) is 11.1 Å². The molecule has 0 spiro atoms. The van der Waals surface area contributed by atoms with Crippen LogP contribution in [0.2, 0.25) is 5.02 Å². The summed E-state index contributed by atoms with van der Waals surface area (Å²) in [5, 5.41) is 0.0785. The molecule has 2 heterocycles. The van der Waals surface area contributed by atoms with Gasteiger partial charge in [0.15, 0.2) is 12.2 Å². The lowest BCUT2D eigenvalue weighted by molar-refractivity contribution is 0.0440. The molecule has 0 unspecified atom stereocenters. The monoisotopic (exact) mass is 448 g/mol. The SMILES string of the molecule is O=C(OCc1nc2ccccc2o1)c1ccc(Cl)c(S(=O)(=O)N2CCCCCC2)c1. The van der Waals surface area contributed by atoms with Gasteiger partial charge in [0, 0.05) is 13.1 Å². The summed E-state index contributed by atoms with van der Waals surface area (Å²) in [6.45, 7) is 0.737. The predicted molar refractivity (Wildman–Crippen MR) is 112 cm³/mol. The number of hydrogen-bond acceptors (Lipinski definition) is 6. The fourth-order valence-electron chi connectivity index (χ4n) is 3.44. The molecule has 4 rings (SSSR count). The van der Waals surface area contributed by atoms with Crippen LogP contribution in [-0.4, -0.2) is 36.8 Å². The maximum Gasteiger partial charge on any atom is 0.338 e. The van der Waals surface area contributed by atoms with Crippen molar-refractivity contribution < 1.29 is 22.4 Å². The number of para-hydroxylation sites is 2. The molecule has 0 bridgehead atoms. The van der Waals surface area contributed by atoms with Crippen molar-refractivity contribution >= 4 is 38.7 Å². The van der Waals surface area contributed by atoms with Gasteiger partial charge in [-0.25, -0.2) is 18.2 Å². The highest BCUT2D eigenvalue weighted by molar-refractivity contribution is 7.89. The summed E-state index contributed by atoms with van der Waals surface area (Å²) < 4.78 is 38.4. The number of ether oxygens (including phenoxy) is 1. The van der Waals surface area contributed by atoms with Gasteiger partial charge in [-0.1, -0.05) is 36.6 Å². The van der Waals surface area contributed by atoms with Gasteiger partial charge in [0.2, 0.25) is 15.9 Å². The minimum atomic E-state index is -3.79.